The second kappa shape index (κ2) is 10.4. The van der Waals surface area contributed by atoms with Crippen molar-refractivity contribution < 1.29 is 13.9 Å². The Bertz CT molecular complexity index is 1260. The maximum Gasteiger partial charge on any atom is 0.358 e. The Balaban J connectivity index is 2.32. The van der Waals surface area contributed by atoms with Gasteiger partial charge in [-0.25, -0.2) is 14.2 Å². The Hall–Kier alpha value is -2.16. The van der Waals surface area contributed by atoms with Gasteiger partial charge in [-0.15, -0.1) is 0 Å². The molecule has 0 aliphatic rings. The zero-order chi connectivity index (χ0) is 24.4. The minimum Gasteiger partial charge on any atom is -0.461 e. The van der Waals surface area contributed by atoms with Gasteiger partial charge in [-0.3, -0.25) is 4.79 Å². The number of halogens is 4. The molecule has 1 atom stereocenters. The van der Waals surface area contributed by atoms with E-state index in [4.69, 9.17) is 27.9 Å². The SMILES string of the molecule is CCOC(=O)c1nc(Br)n(C(C)C)c1C(Cc1cc(Cl)cn(C)c1=O)c1ccc(Cl)c(F)c1. The molecule has 0 amide bonds. The lowest BCUT2D eigenvalue weighted by Crippen LogP contribution is -2.24. The molecule has 10 heteroatoms. The highest BCUT2D eigenvalue weighted by Gasteiger charge is 2.32. The van der Waals surface area contributed by atoms with Crippen LogP contribution >= 0.6 is 39.1 Å². The molecule has 0 radical (unpaired) electrons. The predicted octanol–water partition coefficient (Wildman–Crippen LogP) is 5.92. The standard InChI is InChI=1S/C23H23BrCl2FN3O3/c1-5-33-22(32)19-20(30(12(2)3)23(24)28-19)16(13-6-7-17(26)18(27)10-13)9-14-8-15(25)11-29(4)21(14)31/h6-8,10-12,16H,5,9H2,1-4H3. The first-order valence-corrected chi connectivity index (χ1v) is 11.8. The minimum atomic E-state index is -0.622. The second-order valence-corrected chi connectivity index (χ2v) is 9.38. The fourth-order valence-electron chi connectivity index (χ4n) is 3.79. The number of carbonyl (C=O) groups excluding carboxylic acids is 1. The Labute approximate surface area is 209 Å². The summed E-state index contributed by atoms with van der Waals surface area (Å²) in [6.45, 7) is 5.73. The van der Waals surface area contributed by atoms with Gasteiger partial charge in [0.2, 0.25) is 0 Å². The van der Waals surface area contributed by atoms with Crippen molar-refractivity contribution in [1.82, 2.24) is 14.1 Å². The van der Waals surface area contributed by atoms with Crippen LogP contribution in [0.1, 0.15) is 60.0 Å². The van der Waals surface area contributed by atoms with Crippen LogP contribution < -0.4 is 5.56 Å². The third-order valence-corrected chi connectivity index (χ3v) is 6.29. The summed E-state index contributed by atoms with van der Waals surface area (Å²) < 4.78 is 23.4. The molecule has 0 saturated heterocycles. The highest BCUT2D eigenvalue weighted by molar-refractivity contribution is 9.10. The van der Waals surface area contributed by atoms with E-state index in [0.29, 0.717) is 26.6 Å². The van der Waals surface area contributed by atoms with Gasteiger partial charge in [0.15, 0.2) is 10.4 Å². The quantitative estimate of drug-likeness (QED) is 0.337. The van der Waals surface area contributed by atoms with Crippen molar-refractivity contribution in [2.75, 3.05) is 6.61 Å². The van der Waals surface area contributed by atoms with E-state index in [9.17, 15) is 14.0 Å². The second-order valence-electron chi connectivity index (χ2n) is 7.83. The number of rotatable bonds is 7. The van der Waals surface area contributed by atoms with Crippen molar-refractivity contribution in [3.05, 3.63) is 83.9 Å². The normalized spacial score (nSPS) is 12.3. The fraction of sp³-hybridized carbons (Fsp3) is 0.348. The van der Waals surface area contributed by atoms with Gasteiger partial charge < -0.3 is 13.9 Å². The number of hydrogen-bond donors (Lipinski definition) is 0. The maximum absolute atomic E-state index is 14.5. The van der Waals surface area contributed by atoms with Crippen molar-refractivity contribution in [2.24, 2.45) is 7.05 Å². The Morgan fingerprint density at radius 1 is 1.27 bits per heavy atom. The number of hydrogen-bond acceptors (Lipinski definition) is 4. The number of aromatic nitrogens is 3. The van der Waals surface area contributed by atoms with E-state index >= 15 is 0 Å². The van der Waals surface area contributed by atoms with Crippen molar-refractivity contribution >= 4 is 45.1 Å². The van der Waals surface area contributed by atoms with E-state index in [1.807, 2.05) is 18.4 Å². The summed E-state index contributed by atoms with van der Waals surface area (Å²) in [6.07, 6.45) is 1.66. The van der Waals surface area contributed by atoms with Crippen molar-refractivity contribution in [3.8, 4) is 0 Å². The Morgan fingerprint density at radius 2 is 1.97 bits per heavy atom. The maximum atomic E-state index is 14.5. The molecule has 2 heterocycles. The topological polar surface area (TPSA) is 66.1 Å². The number of esters is 1. The van der Waals surface area contributed by atoms with Crippen LogP contribution in [0.15, 0.2) is 40.0 Å². The van der Waals surface area contributed by atoms with Gasteiger partial charge in [-0.1, -0.05) is 29.3 Å². The van der Waals surface area contributed by atoms with Gasteiger partial charge >= 0.3 is 5.97 Å². The molecule has 3 rings (SSSR count). The lowest BCUT2D eigenvalue weighted by Gasteiger charge is -2.23. The number of imidazole rings is 1. The largest absolute Gasteiger partial charge is 0.461 e. The highest BCUT2D eigenvalue weighted by Crippen LogP contribution is 2.36. The van der Waals surface area contributed by atoms with E-state index in [-0.39, 0.29) is 35.3 Å². The number of carbonyl (C=O) groups is 1. The molecule has 33 heavy (non-hydrogen) atoms. The van der Waals surface area contributed by atoms with Crippen LogP contribution in [-0.2, 0) is 18.2 Å². The zero-order valence-corrected chi connectivity index (χ0v) is 21.6. The van der Waals surface area contributed by atoms with Crippen LogP contribution in [0.2, 0.25) is 10.0 Å². The van der Waals surface area contributed by atoms with Gasteiger partial charge in [-0.05, 0) is 66.9 Å². The Morgan fingerprint density at radius 3 is 2.58 bits per heavy atom. The number of aryl methyl sites for hydroxylation is 1. The molecular formula is C23H23BrCl2FN3O3. The molecule has 0 aliphatic heterocycles. The molecule has 1 aromatic carbocycles. The van der Waals surface area contributed by atoms with Gasteiger partial charge in [0, 0.05) is 30.8 Å². The van der Waals surface area contributed by atoms with Gasteiger partial charge in [-0.2, -0.15) is 0 Å². The molecule has 2 aromatic heterocycles. The van der Waals surface area contributed by atoms with Crippen LogP contribution in [0.4, 0.5) is 4.39 Å². The zero-order valence-electron chi connectivity index (χ0n) is 18.5. The first-order chi connectivity index (χ1) is 15.5. The van der Waals surface area contributed by atoms with E-state index < -0.39 is 17.7 Å². The van der Waals surface area contributed by atoms with Gasteiger partial charge in [0.1, 0.15) is 5.82 Å². The molecule has 0 bridgehead atoms. The molecule has 3 aromatic rings. The van der Waals surface area contributed by atoms with Crippen molar-refractivity contribution in [1.29, 1.82) is 0 Å². The molecule has 6 nitrogen and oxygen atoms in total. The number of benzene rings is 1. The summed E-state index contributed by atoms with van der Waals surface area (Å²) in [7, 11) is 1.60. The van der Waals surface area contributed by atoms with E-state index in [0.717, 1.165) is 0 Å². The molecule has 1 unspecified atom stereocenters. The Kier molecular flexibility index (Phi) is 8.03. The van der Waals surface area contributed by atoms with Crippen LogP contribution in [-0.4, -0.2) is 26.7 Å². The van der Waals surface area contributed by atoms with Crippen LogP contribution in [0.5, 0.6) is 0 Å². The lowest BCUT2D eigenvalue weighted by atomic mass is 9.88. The van der Waals surface area contributed by atoms with Crippen LogP contribution in [0.3, 0.4) is 0 Å². The summed E-state index contributed by atoms with van der Waals surface area (Å²) in [6, 6.07) is 5.91. The van der Waals surface area contributed by atoms with Crippen LogP contribution in [0, 0.1) is 5.82 Å². The van der Waals surface area contributed by atoms with E-state index in [1.165, 1.54) is 22.9 Å². The lowest BCUT2D eigenvalue weighted by molar-refractivity contribution is 0.0518. The third kappa shape index (κ3) is 5.34. The number of pyridine rings is 1. The average molecular weight is 559 g/mol. The highest BCUT2D eigenvalue weighted by atomic mass is 79.9. The molecule has 0 saturated carbocycles. The average Bonchev–Trinajstić information content (AvgIpc) is 3.09. The van der Waals surface area contributed by atoms with Crippen molar-refractivity contribution in [2.45, 2.75) is 39.2 Å². The molecule has 0 N–H and O–H groups in total. The van der Waals surface area contributed by atoms with E-state index in [2.05, 4.69) is 20.9 Å². The van der Waals surface area contributed by atoms with Crippen LogP contribution in [0.25, 0.3) is 0 Å². The summed E-state index contributed by atoms with van der Waals surface area (Å²) in [5.41, 5.74) is 1.29. The monoisotopic (exact) mass is 557 g/mol. The summed E-state index contributed by atoms with van der Waals surface area (Å²) >= 11 is 15.6. The smallest absolute Gasteiger partial charge is 0.358 e. The van der Waals surface area contributed by atoms with Gasteiger partial charge in [0.05, 0.1) is 22.3 Å². The summed E-state index contributed by atoms with van der Waals surface area (Å²) in [5.74, 6) is -1.83. The summed E-state index contributed by atoms with van der Waals surface area (Å²) in [5, 5.41) is 0.359. The first-order valence-electron chi connectivity index (χ1n) is 10.3. The molecule has 0 aliphatic carbocycles. The van der Waals surface area contributed by atoms with E-state index in [1.54, 1.807) is 26.1 Å². The van der Waals surface area contributed by atoms with Crippen molar-refractivity contribution in [3.63, 3.8) is 0 Å². The minimum absolute atomic E-state index is 0.0275. The fourth-order valence-corrected chi connectivity index (χ4v) is 4.97. The van der Waals surface area contributed by atoms with Gasteiger partial charge in [0.25, 0.3) is 5.56 Å². The predicted molar refractivity (Wildman–Crippen MR) is 130 cm³/mol. The first kappa shape index (κ1) is 25.5. The molecular weight excluding hydrogens is 536 g/mol. The molecule has 176 valence electrons. The summed E-state index contributed by atoms with van der Waals surface area (Å²) in [4.78, 5) is 30.1. The number of ether oxygens (including phenoxy) is 1. The number of nitrogens with zero attached hydrogens (tertiary/aromatic N) is 3. The third-order valence-electron chi connectivity index (χ3n) is 5.21. The molecule has 0 spiro atoms. The molecule has 0 fully saturated rings.